The van der Waals surface area contributed by atoms with E-state index in [1.165, 1.54) is 11.1 Å². The molecule has 0 radical (unpaired) electrons. The molecule has 1 atom stereocenters. The van der Waals surface area contributed by atoms with Gasteiger partial charge in [0.05, 0.1) is 0 Å². The molecule has 0 amide bonds. The van der Waals surface area contributed by atoms with Crippen LogP contribution in [0, 0.1) is 6.92 Å². The number of rotatable bonds is 3. The minimum Gasteiger partial charge on any atom is -0.454 e. The molecule has 1 heterocycles. The van der Waals surface area contributed by atoms with Gasteiger partial charge in [-0.1, -0.05) is 35.9 Å². The summed E-state index contributed by atoms with van der Waals surface area (Å²) in [6, 6.07) is 14.4. The van der Waals surface area contributed by atoms with Crippen LogP contribution in [0.1, 0.15) is 22.7 Å². The van der Waals surface area contributed by atoms with Crippen LogP contribution in [0.15, 0.2) is 42.5 Å². The van der Waals surface area contributed by atoms with E-state index in [1.807, 2.05) is 18.2 Å². The zero-order valence-corrected chi connectivity index (χ0v) is 10.9. The lowest BCUT2D eigenvalue weighted by atomic mass is 9.99. The Morgan fingerprint density at radius 1 is 1.05 bits per heavy atom. The van der Waals surface area contributed by atoms with Crippen molar-refractivity contribution in [1.29, 1.82) is 0 Å². The summed E-state index contributed by atoms with van der Waals surface area (Å²) < 4.78 is 10.7. The topological polar surface area (TPSA) is 44.5 Å². The second-order valence-corrected chi connectivity index (χ2v) is 4.91. The summed E-state index contributed by atoms with van der Waals surface area (Å²) in [6.07, 6.45) is 0.819. The highest BCUT2D eigenvalue weighted by Gasteiger charge is 2.16. The lowest BCUT2D eigenvalue weighted by Crippen LogP contribution is -2.13. The second-order valence-electron chi connectivity index (χ2n) is 4.91. The molecule has 0 aliphatic carbocycles. The largest absolute Gasteiger partial charge is 0.454 e. The van der Waals surface area contributed by atoms with Crippen molar-refractivity contribution in [2.75, 3.05) is 6.79 Å². The van der Waals surface area contributed by atoms with Gasteiger partial charge in [-0.15, -0.1) is 0 Å². The fourth-order valence-electron chi connectivity index (χ4n) is 2.24. The molecule has 0 aromatic heterocycles. The maximum atomic E-state index is 6.26. The molecule has 2 N–H and O–H groups in total. The van der Waals surface area contributed by atoms with Crippen LogP contribution in [0.25, 0.3) is 0 Å². The molecule has 1 unspecified atom stereocenters. The Morgan fingerprint density at radius 3 is 2.58 bits per heavy atom. The highest BCUT2D eigenvalue weighted by molar-refractivity contribution is 5.45. The Labute approximate surface area is 113 Å². The zero-order chi connectivity index (χ0) is 13.2. The molecule has 1 aliphatic rings. The molecular weight excluding hydrogens is 238 g/mol. The van der Waals surface area contributed by atoms with Crippen LogP contribution in [0.3, 0.4) is 0 Å². The Morgan fingerprint density at radius 2 is 1.79 bits per heavy atom. The van der Waals surface area contributed by atoms with Gasteiger partial charge in [0, 0.05) is 6.04 Å². The monoisotopic (exact) mass is 255 g/mol. The highest BCUT2D eigenvalue weighted by atomic mass is 16.7. The van der Waals surface area contributed by atoms with Crippen molar-refractivity contribution in [2.24, 2.45) is 5.73 Å². The van der Waals surface area contributed by atoms with Crippen LogP contribution < -0.4 is 15.2 Å². The number of hydrogen-bond donors (Lipinski definition) is 1. The fraction of sp³-hybridized carbons (Fsp3) is 0.250. The molecule has 0 fully saturated rings. The van der Waals surface area contributed by atoms with Crippen molar-refractivity contribution in [3.63, 3.8) is 0 Å². The van der Waals surface area contributed by atoms with E-state index in [-0.39, 0.29) is 6.04 Å². The smallest absolute Gasteiger partial charge is 0.231 e. The molecule has 3 heteroatoms. The zero-order valence-electron chi connectivity index (χ0n) is 10.9. The van der Waals surface area contributed by atoms with E-state index in [4.69, 9.17) is 15.2 Å². The Bertz CT molecular complexity index is 578. The normalized spacial score (nSPS) is 14.4. The molecule has 3 nitrogen and oxygen atoms in total. The SMILES string of the molecule is Cc1ccc(CC(N)c2ccc3c(c2)OCO3)cc1. The van der Waals surface area contributed by atoms with E-state index in [0.717, 1.165) is 23.5 Å². The number of benzene rings is 2. The quantitative estimate of drug-likeness (QED) is 0.917. The van der Waals surface area contributed by atoms with Crippen molar-refractivity contribution < 1.29 is 9.47 Å². The van der Waals surface area contributed by atoms with E-state index in [0.29, 0.717) is 6.79 Å². The molecule has 98 valence electrons. The van der Waals surface area contributed by atoms with Crippen LogP contribution in [0.2, 0.25) is 0 Å². The Kier molecular flexibility index (Phi) is 3.13. The minimum atomic E-state index is -0.0304. The van der Waals surface area contributed by atoms with Gasteiger partial charge in [0.1, 0.15) is 0 Å². The highest BCUT2D eigenvalue weighted by Crippen LogP contribution is 2.34. The first-order chi connectivity index (χ1) is 9.22. The first-order valence-corrected chi connectivity index (χ1v) is 6.43. The summed E-state index contributed by atoms with van der Waals surface area (Å²) in [6.45, 7) is 2.38. The van der Waals surface area contributed by atoms with Crippen LogP contribution in [0.4, 0.5) is 0 Å². The predicted molar refractivity (Wildman–Crippen MR) is 74.4 cm³/mol. The van der Waals surface area contributed by atoms with E-state index in [1.54, 1.807) is 0 Å². The standard InChI is InChI=1S/C16H17NO2/c1-11-2-4-12(5-3-11)8-14(17)13-6-7-15-16(9-13)19-10-18-15/h2-7,9,14H,8,10,17H2,1H3. The summed E-state index contributed by atoms with van der Waals surface area (Å²) in [4.78, 5) is 0. The number of fused-ring (bicyclic) bond motifs is 1. The summed E-state index contributed by atoms with van der Waals surface area (Å²) in [5.41, 5.74) is 9.85. The Hall–Kier alpha value is -2.00. The van der Waals surface area contributed by atoms with Gasteiger partial charge in [0.2, 0.25) is 6.79 Å². The maximum Gasteiger partial charge on any atom is 0.231 e. The van der Waals surface area contributed by atoms with Crippen LogP contribution in [-0.2, 0) is 6.42 Å². The minimum absolute atomic E-state index is 0.0304. The second kappa shape index (κ2) is 4.94. The van der Waals surface area contributed by atoms with Crippen molar-refractivity contribution in [1.82, 2.24) is 0 Å². The molecule has 2 aromatic rings. The van der Waals surface area contributed by atoms with Crippen molar-refractivity contribution in [2.45, 2.75) is 19.4 Å². The van der Waals surface area contributed by atoms with Gasteiger partial charge in [-0.2, -0.15) is 0 Å². The van der Waals surface area contributed by atoms with Crippen LogP contribution in [-0.4, -0.2) is 6.79 Å². The number of hydrogen-bond acceptors (Lipinski definition) is 3. The van der Waals surface area contributed by atoms with Gasteiger partial charge in [-0.25, -0.2) is 0 Å². The average molecular weight is 255 g/mol. The summed E-state index contributed by atoms with van der Waals surface area (Å²) in [5.74, 6) is 1.59. The summed E-state index contributed by atoms with van der Waals surface area (Å²) >= 11 is 0. The lowest BCUT2D eigenvalue weighted by Gasteiger charge is -2.13. The molecule has 0 bridgehead atoms. The van der Waals surface area contributed by atoms with Crippen molar-refractivity contribution in [3.05, 3.63) is 59.2 Å². The first kappa shape index (κ1) is 12.1. The van der Waals surface area contributed by atoms with E-state index in [2.05, 4.69) is 31.2 Å². The van der Waals surface area contributed by atoms with Gasteiger partial charge >= 0.3 is 0 Å². The van der Waals surface area contributed by atoms with Crippen molar-refractivity contribution in [3.8, 4) is 11.5 Å². The molecule has 3 rings (SSSR count). The first-order valence-electron chi connectivity index (χ1n) is 6.43. The molecule has 19 heavy (non-hydrogen) atoms. The van der Waals surface area contributed by atoms with Gasteiger partial charge in [0.15, 0.2) is 11.5 Å². The number of ether oxygens (including phenoxy) is 2. The molecule has 0 saturated carbocycles. The summed E-state index contributed by atoms with van der Waals surface area (Å²) in [5, 5.41) is 0. The maximum absolute atomic E-state index is 6.26. The molecule has 0 saturated heterocycles. The number of nitrogens with two attached hydrogens (primary N) is 1. The third kappa shape index (κ3) is 2.56. The Balaban J connectivity index is 1.76. The molecule has 1 aliphatic heterocycles. The summed E-state index contributed by atoms with van der Waals surface area (Å²) in [7, 11) is 0. The van der Waals surface area contributed by atoms with Gasteiger partial charge in [-0.05, 0) is 36.6 Å². The van der Waals surface area contributed by atoms with E-state index < -0.39 is 0 Å². The van der Waals surface area contributed by atoms with Gasteiger partial charge in [0.25, 0.3) is 0 Å². The predicted octanol–water partition coefficient (Wildman–Crippen LogP) is 2.97. The number of aryl methyl sites for hydroxylation is 1. The van der Waals surface area contributed by atoms with Crippen LogP contribution in [0.5, 0.6) is 11.5 Å². The fourth-order valence-corrected chi connectivity index (χ4v) is 2.24. The molecule has 2 aromatic carbocycles. The van der Waals surface area contributed by atoms with E-state index in [9.17, 15) is 0 Å². The molecule has 0 spiro atoms. The lowest BCUT2D eigenvalue weighted by molar-refractivity contribution is 0.174. The average Bonchev–Trinajstić information content (AvgIpc) is 2.88. The van der Waals surface area contributed by atoms with Gasteiger partial charge in [-0.3, -0.25) is 0 Å². The van der Waals surface area contributed by atoms with Crippen LogP contribution >= 0.6 is 0 Å². The van der Waals surface area contributed by atoms with E-state index >= 15 is 0 Å². The third-order valence-corrected chi connectivity index (χ3v) is 3.40. The van der Waals surface area contributed by atoms with Crippen molar-refractivity contribution >= 4 is 0 Å². The van der Waals surface area contributed by atoms with Gasteiger partial charge < -0.3 is 15.2 Å². The third-order valence-electron chi connectivity index (χ3n) is 3.40. The molecular formula is C16H17NO2.